The molecular formula is C28H33N5O8. The Balaban J connectivity index is 1.36. The molecule has 3 aromatic rings. The number of amides is 1. The first kappa shape index (κ1) is 28.1. The summed E-state index contributed by atoms with van der Waals surface area (Å²) < 4.78 is 11.4. The van der Waals surface area contributed by atoms with Gasteiger partial charge in [0.25, 0.3) is 5.69 Å². The first-order chi connectivity index (χ1) is 19.5. The zero-order chi connectivity index (χ0) is 29.3. The number of nitrogens with one attached hydrogen (secondary N) is 1. The van der Waals surface area contributed by atoms with Crippen molar-refractivity contribution in [2.75, 3.05) is 0 Å². The number of carbonyl (C=O) groups is 2. The molecule has 2 saturated carbocycles. The van der Waals surface area contributed by atoms with Crippen LogP contribution >= 0.6 is 0 Å². The second-order valence-electron chi connectivity index (χ2n) is 11.6. The van der Waals surface area contributed by atoms with Crippen molar-refractivity contribution in [1.29, 1.82) is 0 Å². The number of aromatic nitrogens is 3. The van der Waals surface area contributed by atoms with Gasteiger partial charge in [0.05, 0.1) is 4.92 Å². The molecule has 13 heteroatoms. The molecule has 0 saturated heterocycles. The molecule has 2 aliphatic rings. The molecule has 2 aliphatic carbocycles. The molecule has 218 valence electrons. The molecule has 0 bridgehead atoms. The molecule has 0 spiro atoms. The van der Waals surface area contributed by atoms with Gasteiger partial charge in [-0.15, -0.1) is 5.10 Å². The second-order valence-corrected chi connectivity index (χ2v) is 11.6. The number of nitro groups is 1. The molecule has 0 aliphatic heterocycles. The smallest absolute Gasteiger partial charge is 0.408 e. The third-order valence-electron chi connectivity index (χ3n) is 6.97. The largest absolute Gasteiger partial charge is 0.508 e. The lowest BCUT2D eigenvalue weighted by Gasteiger charge is -2.25. The molecular weight excluding hydrogens is 534 g/mol. The van der Waals surface area contributed by atoms with Crippen molar-refractivity contribution in [3.8, 4) is 5.75 Å². The Morgan fingerprint density at radius 1 is 1.12 bits per heavy atom. The van der Waals surface area contributed by atoms with Gasteiger partial charge in [0.2, 0.25) is 0 Å². The van der Waals surface area contributed by atoms with E-state index in [9.17, 15) is 24.8 Å². The first-order valence-electron chi connectivity index (χ1n) is 13.6. The molecule has 0 radical (unpaired) electrons. The van der Waals surface area contributed by atoms with Crippen molar-refractivity contribution in [3.05, 3.63) is 57.6 Å². The number of esters is 1. The molecule has 2 aromatic carbocycles. The number of aromatic hydroxyl groups is 1. The molecule has 5 rings (SSSR count). The van der Waals surface area contributed by atoms with E-state index in [1.807, 2.05) is 0 Å². The highest BCUT2D eigenvalue weighted by molar-refractivity contribution is 5.82. The number of hydrogen-bond donors (Lipinski definition) is 2. The zero-order valence-corrected chi connectivity index (χ0v) is 23.1. The van der Waals surface area contributed by atoms with Crippen molar-refractivity contribution in [3.63, 3.8) is 0 Å². The van der Waals surface area contributed by atoms with Crippen molar-refractivity contribution in [2.45, 2.75) is 77.2 Å². The fourth-order valence-corrected chi connectivity index (χ4v) is 4.68. The number of rotatable bonds is 11. The van der Waals surface area contributed by atoms with Crippen molar-refractivity contribution < 1.29 is 33.9 Å². The fourth-order valence-electron chi connectivity index (χ4n) is 4.68. The van der Waals surface area contributed by atoms with Gasteiger partial charge in [0, 0.05) is 18.6 Å². The Kier molecular flexibility index (Phi) is 7.70. The number of hydrogen-bond acceptors (Lipinski definition) is 10. The van der Waals surface area contributed by atoms with Gasteiger partial charge in [0.1, 0.15) is 41.1 Å². The van der Waals surface area contributed by atoms with E-state index < -0.39 is 28.6 Å². The molecule has 41 heavy (non-hydrogen) atoms. The van der Waals surface area contributed by atoms with E-state index in [1.165, 1.54) is 30.3 Å². The highest BCUT2D eigenvalue weighted by Crippen LogP contribution is 2.46. The summed E-state index contributed by atoms with van der Waals surface area (Å²) in [5.74, 6) is 0.140. The lowest BCUT2D eigenvalue weighted by Crippen LogP contribution is -2.46. The number of alkyl carbamates (subject to hydrolysis) is 1. The minimum absolute atomic E-state index is 0.0341. The maximum Gasteiger partial charge on any atom is 0.408 e. The van der Waals surface area contributed by atoms with E-state index in [1.54, 1.807) is 26.8 Å². The van der Waals surface area contributed by atoms with Crippen LogP contribution in [0.25, 0.3) is 11.0 Å². The standard InChI is InChI=1S/C28H33N5O8/c1-28(2,3)41-27(36)29-23(26(35)40-25(16-4-5-16)17-6-7-17)13-18-8-10-21(34)12-19(18)15-39-32-24-14-20(33(37)38)9-11-22(24)30-31-32/h8-12,14,16-17,23,25,34H,4-7,13,15H2,1-3H3,(H,29,36)/t23-/m1/s1. The Bertz CT molecular complexity index is 1450. The molecule has 2 fully saturated rings. The molecule has 1 heterocycles. The number of nitro benzene ring substituents is 1. The van der Waals surface area contributed by atoms with E-state index in [-0.39, 0.29) is 30.6 Å². The van der Waals surface area contributed by atoms with Crippen LogP contribution in [0.4, 0.5) is 10.5 Å². The van der Waals surface area contributed by atoms with Gasteiger partial charge in [-0.05, 0) is 92.8 Å². The molecule has 1 amide bonds. The van der Waals surface area contributed by atoms with Gasteiger partial charge in [-0.1, -0.05) is 10.9 Å². The second kappa shape index (κ2) is 11.2. The van der Waals surface area contributed by atoms with Gasteiger partial charge in [-0.2, -0.15) is 0 Å². The maximum atomic E-state index is 13.4. The number of nitrogens with zero attached hydrogens (tertiary/aromatic N) is 4. The minimum atomic E-state index is -1.05. The molecule has 1 atom stereocenters. The van der Waals surface area contributed by atoms with E-state index >= 15 is 0 Å². The lowest BCUT2D eigenvalue weighted by molar-refractivity contribution is -0.384. The zero-order valence-electron chi connectivity index (χ0n) is 23.1. The average Bonchev–Trinajstić information content (AvgIpc) is 3.83. The summed E-state index contributed by atoms with van der Waals surface area (Å²) in [6.07, 6.45) is 3.24. The van der Waals surface area contributed by atoms with E-state index in [0.29, 0.717) is 34.0 Å². The van der Waals surface area contributed by atoms with Crippen LogP contribution in [0.1, 0.15) is 57.6 Å². The molecule has 13 nitrogen and oxygen atoms in total. The predicted octanol–water partition coefficient (Wildman–Crippen LogP) is 3.84. The molecule has 1 aromatic heterocycles. The van der Waals surface area contributed by atoms with Crippen LogP contribution in [-0.4, -0.2) is 55.0 Å². The van der Waals surface area contributed by atoms with Crippen LogP contribution in [0.2, 0.25) is 0 Å². The summed E-state index contributed by atoms with van der Waals surface area (Å²) in [4.78, 5) is 43.7. The van der Waals surface area contributed by atoms with Crippen molar-refractivity contribution in [2.24, 2.45) is 11.8 Å². The Morgan fingerprint density at radius 2 is 1.83 bits per heavy atom. The van der Waals surface area contributed by atoms with Crippen molar-refractivity contribution in [1.82, 2.24) is 20.5 Å². The van der Waals surface area contributed by atoms with Crippen LogP contribution in [0.5, 0.6) is 5.75 Å². The molecule has 2 N–H and O–H groups in total. The predicted molar refractivity (Wildman–Crippen MR) is 145 cm³/mol. The summed E-state index contributed by atoms with van der Waals surface area (Å²) in [5, 5.41) is 31.9. The first-order valence-corrected chi connectivity index (χ1v) is 13.6. The van der Waals surface area contributed by atoms with Gasteiger partial charge in [0.15, 0.2) is 0 Å². The maximum absolute atomic E-state index is 13.4. The summed E-state index contributed by atoms with van der Waals surface area (Å²) in [7, 11) is 0. The quantitative estimate of drug-likeness (QED) is 0.197. The van der Waals surface area contributed by atoms with E-state index in [0.717, 1.165) is 30.5 Å². The molecule has 0 unspecified atom stereocenters. The summed E-state index contributed by atoms with van der Waals surface area (Å²) >= 11 is 0. The van der Waals surface area contributed by atoms with E-state index in [2.05, 4.69) is 15.6 Å². The number of fused-ring (bicyclic) bond motifs is 1. The summed E-state index contributed by atoms with van der Waals surface area (Å²) in [6, 6.07) is 7.62. The number of phenolic OH excluding ortho intramolecular Hbond substituents is 1. The third-order valence-corrected chi connectivity index (χ3v) is 6.97. The fraction of sp³-hybridized carbons (Fsp3) is 0.500. The SMILES string of the molecule is CC(C)(C)OC(=O)N[C@H](Cc1ccc(O)cc1COn1nnc2ccc([N+](=O)[O-])cc21)C(=O)OC(C1CC1)C1CC1. The highest BCUT2D eigenvalue weighted by atomic mass is 16.7. The summed E-state index contributed by atoms with van der Waals surface area (Å²) in [6.45, 7) is 5.07. The summed E-state index contributed by atoms with van der Waals surface area (Å²) in [5.41, 5.74) is 0.885. The number of phenols is 1. The number of ether oxygens (including phenoxy) is 2. The number of benzene rings is 2. The van der Waals surface area contributed by atoms with Crippen LogP contribution in [0.15, 0.2) is 36.4 Å². The number of non-ortho nitro benzene ring substituents is 1. The number of carbonyl (C=O) groups excluding carboxylic acids is 2. The van der Waals surface area contributed by atoms with E-state index in [4.69, 9.17) is 14.3 Å². The Morgan fingerprint density at radius 3 is 2.46 bits per heavy atom. The van der Waals surface area contributed by atoms with Gasteiger partial charge in [-0.25, -0.2) is 9.59 Å². The normalized spacial score (nSPS) is 15.9. The Hall–Kier alpha value is -4.42. The van der Waals surface area contributed by atoms with Crippen LogP contribution in [0.3, 0.4) is 0 Å². The van der Waals surface area contributed by atoms with Crippen LogP contribution < -0.4 is 10.2 Å². The topological polar surface area (TPSA) is 168 Å². The highest BCUT2D eigenvalue weighted by Gasteiger charge is 2.45. The van der Waals surface area contributed by atoms with Crippen LogP contribution in [0, 0.1) is 22.0 Å². The van der Waals surface area contributed by atoms with Crippen molar-refractivity contribution >= 4 is 28.8 Å². The van der Waals surface area contributed by atoms with Gasteiger partial charge < -0.3 is 24.7 Å². The van der Waals surface area contributed by atoms with Crippen LogP contribution in [-0.2, 0) is 27.3 Å². The van der Waals surface area contributed by atoms with Gasteiger partial charge in [-0.3, -0.25) is 10.1 Å². The van der Waals surface area contributed by atoms with Gasteiger partial charge >= 0.3 is 12.1 Å². The average molecular weight is 568 g/mol. The third kappa shape index (κ3) is 7.21. The Labute approximate surface area is 235 Å². The lowest BCUT2D eigenvalue weighted by atomic mass is 10.00. The monoisotopic (exact) mass is 567 g/mol. The minimum Gasteiger partial charge on any atom is -0.508 e.